The Labute approximate surface area is 103 Å². The maximum atomic E-state index is 5.88. The highest BCUT2D eigenvalue weighted by molar-refractivity contribution is 6.30. The molecule has 0 saturated heterocycles. The summed E-state index contributed by atoms with van der Waals surface area (Å²) in [5.74, 6) is 0. The number of ether oxygens (including phenoxy) is 1. The fourth-order valence-electron chi connectivity index (χ4n) is 1.34. The Morgan fingerprint density at radius 1 is 1.44 bits per heavy atom. The normalized spacial score (nSPS) is 12.7. The second-order valence-electron chi connectivity index (χ2n) is 3.95. The Bertz CT molecular complexity index is 304. The van der Waals surface area contributed by atoms with E-state index in [-0.39, 0.29) is 0 Å². The van der Waals surface area contributed by atoms with Gasteiger partial charge in [0.1, 0.15) is 0 Å². The third kappa shape index (κ3) is 5.50. The van der Waals surface area contributed by atoms with Crippen molar-refractivity contribution in [2.45, 2.75) is 32.9 Å². The molecule has 0 aliphatic carbocycles. The highest BCUT2D eigenvalue weighted by Crippen LogP contribution is 2.11. The first-order valence-electron chi connectivity index (χ1n) is 5.78. The zero-order valence-corrected chi connectivity index (χ0v) is 10.8. The van der Waals surface area contributed by atoms with Gasteiger partial charge in [0, 0.05) is 17.6 Å². The molecule has 0 fully saturated rings. The van der Waals surface area contributed by atoms with E-state index in [9.17, 15) is 0 Å². The van der Waals surface area contributed by atoms with Crippen LogP contribution in [0.5, 0.6) is 0 Å². The Morgan fingerprint density at radius 2 is 2.25 bits per heavy atom. The van der Waals surface area contributed by atoms with Crippen LogP contribution in [0, 0.1) is 0 Å². The lowest BCUT2D eigenvalue weighted by atomic mass is 10.2. The summed E-state index contributed by atoms with van der Waals surface area (Å²) in [7, 11) is 0. The molecule has 2 nitrogen and oxygen atoms in total. The van der Waals surface area contributed by atoms with Gasteiger partial charge in [-0.3, -0.25) is 0 Å². The molecule has 0 saturated carbocycles. The van der Waals surface area contributed by atoms with E-state index in [0.717, 1.165) is 30.2 Å². The molecule has 90 valence electrons. The standard InChI is InChI=1S/C13H20ClNO/c1-3-11(2)15-7-8-16-10-12-5-4-6-13(14)9-12/h4-6,9,11,15H,3,7-8,10H2,1-2H3. The molecule has 1 aromatic rings. The number of hydrogen-bond acceptors (Lipinski definition) is 2. The van der Waals surface area contributed by atoms with Gasteiger partial charge in [0.05, 0.1) is 13.2 Å². The molecule has 0 amide bonds. The third-order valence-electron chi connectivity index (χ3n) is 2.51. The Hall–Kier alpha value is -0.570. The van der Waals surface area contributed by atoms with Gasteiger partial charge in [-0.25, -0.2) is 0 Å². The summed E-state index contributed by atoms with van der Waals surface area (Å²) in [4.78, 5) is 0. The fraction of sp³-hybridized carbons (Fsp3) is 0.538. The van der Waals surface area contributed by atoms with Crippen LogP contribution in [-0.2, 0) is 11.3 Å². The van der Waals surface area contributed by atoms with Crippen LogP contribution in [0.3, 0.4) is 0 Å². The Balaban J connectivity index is 2.12. The first-order valence-corrected chi connectivity index (χ1v) is 6.15. The van der Waals surface area contributed by atoms with Crippen molar-refractivity contribution in [3.8, 4) is 0 Å². The van der Waals surface area contributed by atoms with Crippen LogP contribution in [0.4, 0.5) is 0 Å². The molecule has 1 N–H and O–H groups in total. The molecule has 16 heavy (non-hydrogen) atoms. The lowest BCUT2D eigenvalue weighted by Crippen LogP contribution is -2.28. The number of halogens is 1. The van der Waals surface area contributed by atoms with Crippen LogP contribution in [0.15, 0.2) is 24.3 Å². The minimum atomic E-state index is 0.565. The van der Waals surface area contributed by atoms with Crippen molar-refractivity contribution in [3.05, 3.63) is 34.9 Å². The first-order chi connectivity index (χ1) is 7.72. The summed E-state index contributed by atoms with van der Waals surface area (Å²) in [6.45, 7) is 6.61. The molecular weight excluding hydrogens is 222 g/mol. The highest BCUT2D eigenvalue weighted by Gasteiger charge is 1.97. The summed E-state index contributed by atoms with van der Waals surface area (Å²) in [5.41, 5.74) is 1.12. The van der Waals surface area contributed by atoms with Gasteiger partial charge < -0.3 is 10.1 Å². The Kier molecular flexibility index (Phi) is 6.46. The van der Waals surface area contributed by atoms with E-state index < -0.39 is 0 Å². The molecule has 0 spiro atoms. The number of rotatable bonds is 7. The maximum absolute atomic E-state index is 5.88. The predicted octanol–water partition coefficient (Wildman–Crippen LogP) is 3.24. The topological polar surface area (TPSA) is 21.3 Å². The summed E-state index contributed by atoms with van der Waals surface area (Å²) < 4.78 is 5.55. The molecule has 1 atom stereocenters. The van der Waals surface area contributed by atoms with Crippen LogP contribution in [-0.4, -0.2) is 19.2 Å². The average Bonchev–Trinajstić information content (AvgIpc) is 2.28. The van der Waals surface area contributed by atoms with Crippen molar-refractivity contribution in [2.24, 2.45) is 0 Å². The average molecular weight is 242 g/mol. The summed E-state index contributed by atoms with van der Waals surface area (Å²) in [6, 6.07) is 8.33. The van der Waals surface area contributed by atoms with E-state index in [1.807, 2.05) is 24.3 Å². The predicted molar refractivity (Wildman–Crippen MR) is 68.9 cm³/mol. The van der Waals surface area contributed by atoms with Gasteiger partial charge >= 0.3 is 0 Å². The van der Waals surface area contributed by atoms with E-state index in [2.05, 4.69) is 19.2 Å². The molecule has 1 unspecified atom stereocenters. The summed E-state index contributed by atoms with van der Waals surface area (Å²) in [5, 5.41) is 4.14. The smallest absolute Gasteiger partial charge is 0.0718 e. The fourth-order valence-corrected chi connectivity index (χ4v) is 1.55. The second-order valence-corrected chi connectivity index (χ2v) is 4.38. The quantitative estimate of drug-likeness (QED) is 0.740. The van der Waals surface area contributed by atoms with Crippen molar-refractivity contribution in [1.82, 2.24) is 5.32 Å². The van der Waals surface area contributed by atoms with Gasteiger partial charge in [-0.1, -0.05) is 30.7 Å². The third-order valence-corrected chi connectivity index (χ3v) is 2.74. The molecule has 0 heterocycles. The zero-order chi connectivity index (χ0) is 11.8. The van der Waals surface area contributed by atoms with Gasteiger partial charge in [-0.15, -0.1) is 0 Å². The summed E-state index contributed by atoms with van der Waals surface area (Å²) >= 11 is 5.88. The molecule has 1 aromatic carbocycles. The van der Waals surface area contributed by atoms with Gasteiger partial charge in [-0.05, 0) is 31.0 Å². The van der Waals surface area contributed by atoms with E-state index in [4.69, 9.17) is 16.3 Å². The van der Waals surface area contributed by atoms with Crippen molar-refractivity contribution < 1.29 is 4.74 Å². The van der Waals surface area contributed by atoms with Gasteiger partial charge in [0.15, 0.2) is 0 Å². The van der Waals surface area contributed by atoms with Crippen LogP contribution >= 0.6 is 11.6 Å². The van der Waals surface area contributed by atoms with E-state index in [1.54, 1.807) is 0 Å². The first kappa shape index (κ1) is 13.5. The van der Waals surface area contributed by atoms with Crippen molar-refractivity contribution in [3.63, 3.8) is 0 Å². The highest BCUT2D eigenvalue weighted by atomic mass is 35.5. The van der Waals surface area contributed by atoms with Crippen LogP contribution in [0.1, 0.15) is 25.8 Å². The number of hydrogen-bond donors (Lipinski definition) is 1. The van der Waals surface area contributed by atoms with Crippen LogP contribution in [0.25, 0.3) is 0 Å². The molecule has 0 bridgehead atoms. The molecular formula is C13H20ClNO. The lowest BCUT2D eigenvalue weighted by Gasteiger charge is -2.11. The SMILES string of the molecule is CCC(C)NCCOCc1cccc(Cl)c1. The van der Waals surface area contributed by atoms with Crippen LogP contribution in [0.2, 0.25) is 5.02 Å². The zero-order valence-electron chi connectivity index (χ0n) is 10.0. The van der Waals surface area contributed by atoms with Crippen molar-refractivity contribution in [2.75, 3.05) is 13.2 Å². The molecule has 0 aliphatic rings. The number of benzene rings is 1. The molecule has 3 heteroatoms. The lowest BCUT2D eigenvalue weighted by molar-refractivity contribution is 0.121. The van der Waals surface area contributed by atoms with Gasteiger partial charge in [0.2, 0.25) is 0 Å². The van der Waals surface area contributed by atoms with E-state index >= 15 is 0 Å². The van der Waals surface area contributed by atoms with Crippen molar-refractivity contribution in [1.29, 1.82) is 0 Å². The van der Waals surface area contributed by atoms with E-state index in [1.165, 1.54) is 0 Å². The monoisotopic (exact) mass is 241 g/mol. The largest absolute Gasteiger partial charge is 0.375 e. The number of nitrogens with one attached hydrogen (secondary N) is 1. The second kappa shape index (κ2) is 7.66. The molecule has 0 aromatic heterocycles. The summed E-state index contributed by atoms with van der Waals surface area (Å²) in [6.07, 6.45) is 1.15. The minimum Gasteiger partial charge on any atom is -0.375 e. The molecule has 0 aliphatic heterocycles. The Morgan fingerprint density at radius 3 is 2.94 bits per heavy atom. The van der Waals surface area contributed by atoms with E-state index in [0.29, 0.717) is 12.6 Å². The molecule has 0 radical (unpaired) electrons. The van der Waals surface area contributed by atoms with Crippen LogP contribution < -0.4 is 5.32 Å². The van der Waals surface area contributed by atoms with Crippen molar-refractivity contribution >= 4 is 11.6 Å². The maximum Gasteiger partial charge on any atom is 0.0718 e. The minimum absolute atomic E-state index is 0.565. The van der Waals surface area contributed by atoms with Gasteiger partial charge in [0.25, 0.3) is 0 Å². The van der Waals surface area contributed by atoms with Gasteiger partial charge in [-0.2, -0.15) is 0 Å². The molecule has 1 rings (SSSR count).